The van der Waals surface area contributed by atoms with E-state index in [1.54, 1.807) is 23.4 Å². The van der Waals surface area contributed by atoms with E-state index in [0.29, 0.717) is 30.0 Å². The molecule has 3 aromatic carbocycles. The minimum atomic E-state index is -3.32. The van der Waals surface area contributed by atoms with Crippen LogP contribution in [0.2, 0.25) is 0 Å². The average molecular weight is 1020 g/mol. The van der Waals surface area contributed by atoms with Crippen LogP contribution < -0.4 is 0 Å². The summed E-state index contributed by atoms with van der Waals surface area (Å²) in [5.41, 5.74) is 4.65. The molecule has 15 nitrogen and oxygen atoms in total. The number of hydrogen-bond donors (Lipinski definition) is 1. The summed E-state index contributed by atoms with van der Waals surface area (Å²) in [7, 11) is 0.718. The summed E-state index contributed by atoms with van der Waals surface area (Å²) in [6, 6.07) is 23.8. The number of aromatic amines is 1. The topological polar surface area (TPSA) is 187 Å². The van der Waals surface area contributed by atoms with E-state index in [9.17, 15) is 22.8 Å². The molecule has 0 bridgehead atoms. The number of nitrogens with one attached hydrogen (secondary N) is 1. The van der Waals surface area contributed by atoms with Crippen LogP contribution in [-0.4, -0.2) is 89.6 Å². The molecule has 0 atom stereocenters. The predicted molar refractivity (Wildman–Crippen MR) is 231 cm³/mol. The lowest BCUT2D eigenvalue weighted by Gasteiger charge is -2.07. The normalized spacial score (nSPS) is 10.4. The first-order chi connectivity index (χ1) is 28.3. The first kappa shape index (κ1) is 48.4. The fraction of sp³-hybridized carbons (Fsp3) is 0.250. The van der Waals surface area contributed by atoms with Gasteiger partial charge in [-0.05, 0) is 54.2 Å². The van der Waals surface area contributed by atoms with Crippen LogP contribution in [0.4, 0.5) is 0 Å². The SMILES string of the molecule is COC(=O)c1cn(CCc2ccccc2Br)cn1.COC(=O)c1cnc[nH]1.COC(=O)c1cncn1CCc1ccccc1Br.CS(=O)(=O)OCCc1ccccc1Br. The molecule has 6 aromatic rings. The number of carbonyl (C=O) groups is 3. The van der Waals surface area contributed by atoms with Crippen molar-refractivity contribution in [3.63, 3.8) is 0 Å². The highest BCUT2D eigenvalue weighted by molar-refractivity contribution is 9.11. The van der Waals surface area contributed by atoms with Crippen LogP contribution in [0.25, 0.3) is 0 Å². The molecule has 0 aliphatic rings. The molecule has 19 heteroatoms. The first-order valence-corrected chi connectivity index (χ1v) is 21.8. The highest BCUT2D eigenvalue weighted by Crippen LogP contribution is 2.19. The van der Waals surface area contributed by atoms with Gasteiger partial charge in [0.1, 0.15) is 11.4 Å². The number of benzene rings is 3. The number of rotatable bonds is 13. The molecule has 0 unspecified atom stereocenters. The lowest BCUT2D eigenvalue weighted by atomic mass is 10.1. The smallest absolute Gasteiger partial charge is 0.358 e. The first-order valence-electron chi connectivity index (χ1n) is 17.6. The van der Waals surface area contributed by atoms with Crippen LogP contribution in [0.5, 0.6) is 0 Å². The average Bonchev–Trinajstić information content (AvgIpc) is 4.04. The summed E-state index contributed by atoms with van der Waals surface area (Å²) in [6.45, 7) is 1.64. The second kappa shape index (κ2) is 25.5. The quantitative estimate of drug-likeness (QED) is 0.0683. The Bertz CT molecular complexity index is 2330. The van der Waals surface area contributed by atoms with Gasteiger partial charge in [-0.1, -0.05) is 102 Å². The van der Waals surface area contributed by atoms with Crippen molar-refractivity contribution in [1.29, 1.82) is 0 Å². The molecular weight excluding hydrogens is 980 g/mol. The van der Waals surface area contributed by atoms with Gasteiger partial charge < -0.3 is 28.3 Å². The number of imidazole rings is 3. The van der Waals surface area contributed by atoms with Gasteiger partial charge >= 0.3 is 17.9 Å². The van der Waals surface area contributed by atoms with Gasteiger partial charge in [0.2, 0.25) is 0 Å². The number of aryl methyl sites for hydroxylation is 4. The minimum absolute atomic E-state index is 0.182. The van der Waals surface area contributed by atoms with Crippen molar-refractivity contribution in [2.75, 3.05) is 34.2 Å². The van der Waals surface area contributed by atoms with Gasteiger partial charge in [-0.3, -0.25) is 4.18 Å². The number of methoxy groups -OCH3 is 3. The summed E-state index contributed by atoms with van der Waals surface area (Å²) in [5, 5.41) is 0. The molecule has 0 saturated heterocycles. The Kier molecular flexibility index (Phi) is 20.9. The van der Waals surface area contributed by atoms with Gasteiger partial charge in [0.25, 0.3) is 10.1 Å². The largest absolute Gasteiger partial charge is 0.464 e. The van der Waals surface area contributed by atoms with E-state index in [0.717, 1.165) is 44.6 Å². The molecule has 0 aliphatic heterocycles. The van der Waals surface area contributed by atoms with E-state index < -0.39 is 22.1 Å². The Morgan fingerprint density at radius 3 is 1.69 bits per heavy atom. The number of nitrogens with zero attached hydrogens (tertiary/aromatic N) is 5. The molecule has 0 spiro atoms. The van der Waals surface area contributed by atoms with E-state index in [1.165, 1.54) is 51.2 Å². The fourth-order valence-electron chi connectivity index (χ4n) is 4.84. The number of H-pyrrole nitrogens is 1. The van der Waals surface area contributed by atoms with Crippen molar-refractivity contribution < 1.29 is 41.2 Å². The summed E-state index contributed by atoms with van der Waals surface area (Å²) in [4.78, 5) is 47.5. The van der Waals surface area contributed by atoms with Gasteiger partial charge in [0.05, 0.1) is 65.6 Å². The standard InChI is InChI=1S/2C13H13BrN2O2.C9H11BrO3S.C5H6N2O2/c1-18-13(17)12-8-16(9-15-12)7-6-10-4-2-3-5-11(10)14;1-18-13(17)12-8-15-9-16(12)7-6-10-4-2-3-5-11(10)14;1-14(11,12)13-7-6-8-4-2-3-5-9(8)10;1-9-5(8)4-2-6-3-7-4/h2*2-5,8-9H,6-7H2,1H3;2-5H,6-7H2,1H3;2-3H,1H3,(H,6,7). The third-order valence-electron chi connectivity index (χ3n) is 7.84. The number of esters is 3. The molecule has 1 N–H and O–H groups in total. The molecule has 3 aromatic heterocycles. The Hall–Kier alpha value is -4.95. The highest BCUT2D eigenvalue weighted by atomic mass is 79.9. The molecule has 0 saturated carbocycles. The van der Waals surface area contributed by atoms with Crippen LogP contribution in [0.15, 0.2) is 124 Å². The monoisotopic (exact) mass is 1020 g/mol. The summed E-state index contributed by atoms with van der Waals surface area (Å²) < 4.78 is 46.5. The van der Waals surface area contributed by atoms with E-state index in [4.69, 9.17) is 4.74 Å². The number of aromatic nitrogens is 6. The molecule has 0 radical (unpaired) electrons. The highest BCUT2D eigenvalue weighted by Gasteiger charge is 2.12. The molecule has 59 heavy (non-hydrogen) atoms. The minimum Gasteiger partial charge on any atom is -0.464 e. The molecule has 0 fully saturated rings. The van der Waals surface area contributed by atoms with Gasteiger partial charge in [0, 0.05) is 32.7 Å². The van der Waals surface area contributed by atoms with Crippen molar-refractivity contribution in [2.24, 2.45) is 0 Å². The number of carbonyl (C=O) groups excluding carboxylic acids is 3. The van der Waals surface area contributed by atoms with Crippen molar-refractivity contribution >= 4 is 75.8 Å². The third-order valence-corrected chi connectivity index (χ3v) is 10.8. The maximum absolute atomic E-state index is 11.5. The van der Waals surface area contributed by atoms with Crippen molar-refractivity contribution in [1.82, 2.24) is 29.1 Å². The molecule has 0 amide bonds. The third kappa shape index (κ3) is 17.4. The lowest BCUT2D eigenvalue weighted by Crippen LogP contribution is -2.11. The van der Waals surface area contributed by atoms with E-state index >= 15 is 0 Å². The zero-order chi connectivity index (χ0) is 43.2. The number of halogens is 3. The predicted octanol–water partition coefficient (Wildman–Crippen LogP) is 7.51. The van der Waals surface area contributed by atoms with Gasteiger partial charge in [-0.15, -0.1) is 0 Å². The van der Waals surface area contributed by atoms with E-state index in [1.807, 2.05) is 65.2 Å². The zero-order valence-electron chi connectivity index (χ0n) is 32.6. The molecule has 3 heterocycles. The van der Waals surface area contributed by atoms with Crippen LogP contribution in [0, 0.1) is 0 Å². The summed E-state index contributed by atoms with van der Waals surface area (Å²) in [5.74, 6) is -1.17. The zero-order valence-corrected chi connectivity index (χ0v) is 38.2. The Labute approximate surface area is 368 Å². The Morgan fingerprint density at radius 2 is 1.20 bits per heavy atom. The number of hydrogen-bond acceptors (Lipinski definition) is 12. The Balaban J connectivity index is 0.000000216. The van der Waals surface area contributed by atoms with Gasteiger partial charge in [-0.25, -0.2) is 29.3 Å². The number of ether oxygens (including phenoxy) is 3. The second-order valence-electron chi connectivity index (χ2n) is 12.0. The van der Waals surface area contributed by atoms with Crippen molar-refractivity contribution in [3.8, 4) is 0 Å². The summed E-state index contributed by atoms with van der Waals surface area (Å²) in [6.07, 6.45) is 12.7. The van der Waals surface area contributed by atoms with Gasteiger partial charge in [0.15, 0.2) is 5.69 Å². The lowest BCUT2D eigenvalue weighted by molar-refractivity contribution is 0.0581. The van der Waals surface area contributed by atoms with Crippen LogP contribution in [-0.2, 0) is 60.9 Å². The van der Waals surface area contributed by atoms with Crippen molar-refractivity contribution in [2.45, 2.75) is 32.4 Å². The maximum atomic E-state index is 11.5. The van der Waals surface area contributed by atoms with Crippen LogP contribution in [0.1, 0.15) is 48.2 Å². The van der Waals surface area contributed by atoms with Crippen LogP contribution >= 0.6 is 47.8 Å². The molecule has 6 rings (SSSR count). The Morgan fingerprint density at radius 1 is 0.678 bits per heavy atom. The van der Waals surface area contributed by atoms with Gasteiger partial charge in [-0.2, -0.15) is 8.42 Å². The second-order valence-corrected chi connectivity index (χ2v) is 16.2. The van der Waals surface area contributed by atoms with Crippen LogP contribution in [0.3, 0.4) is 0 Å². The maximum Gasteiger partial charge on any atom is 0.358 e. The summed E-state index contributed by atoms with van der Waals surface area (Å²) >= 11 is 10.4. The molecule has 0 aliphatic carbocycles. The fourth-order valence-corrected chi connectivity index (χ4v) is 6.68. The van der Waals surface area contributed by atoms with E-state index in [-0.39, 0.29) is 12.6 Å². The molecular formula is C40H43Br3N6O9S. The van der Waals surface area contributed by atoms with Crippen molar-refractivity contribution in [3.05, 3.63) is 158 Å². The van der Waals surface area contributed by atoms with E-state index in [2.05, 4.69) is 93.5 Å². The molecule has 314 valence electrons.